The van der Waals surface area contributed by atoms with Crippen molar-refractivity contribution in [2.24, 2.45) is 0 Å². The molecule has 0 radical (unpaired) electrons. The van der Waals surface area contributed by atoms with E-state index in [2.05, 4.69) is 6.92 Å². The van der Waals surface area contributed by atoms with Crippen molar-refractivity contribution in [3.05, 3.63) is 12.2 Å². The predicted molar refractivity (Wildman–Crippen MR) is 86.2 cm³/mol. The van der Waals surface area contributed by atoms with Crippen LogP contribution in [0.5, 0.6) is 0 Å². The van der Waals surface area contributed by atoms with Crippen LogP contribution in [0.25, 0.3) is 0 Å². The highest BCUT2D eigenvalue weighted by molar-refractivity contribution is 5.84. The number of carboxylic acids is 1. The largest absolute Gasteiger partial charge is 0.480 e. The Balaban J connectivity index is 4.30. The molecule has 0 fully saturated rings. The predicted octanol–water partition coefficient (Wildman–Crippen LogP) is 4.00. The van der Waals surface area contributed by atoms with Crippen molar-refractivity contribution in [1.82, 2.24) is 4.90 Å². The fraction of sp³-hybridized carbons (Fsp3) is 0.765. The van der Waals surface area contributed by atoms with Crippen LogP contribution in [-0.2, 0) is 9.59 Å². The molecule has 4 heteroatoms. The number of carbonyl (C=O) groups excluding carboxylic acids is 1. The van der Waals surface area contributed by atoms with E-state index in [-0.39, 0.29) is 5.91 Å². The second-order valence-corrected chi connectivity index (χ2v) is 5.45. The number of hydrogen-bond acceptors (Lipinski definition) is 2. The van der Waals surface area contributed by atoms with Crippen molar-refractivity contribution in [2.75, 3.05) is 6.54 Å². The second kappa shape index (κ2) is 12.4. The molecule has 21 heavy (non-hydrogen) atoms. The van der Waals surface area contributed by atoms with E-state index < -0.39 is 12.0 Å². The maximum absolute atomic E-state index is 12.1. The first-order valence-electron chi connectivity index (χ1n) is 8.21. The summed E-state index contributed by atoms with van der Waals surface area (Å²) in [5.41, 5.74) is 0. The molecule has 1 amide bonds. The smallest absolute Gasteiger partial charge is 0.326 e. The Morgan fingerprint density at radius 2 is 1.67 bits per heavy atom. The molecule has 0 saturated heterocycles. The molecule has 0 aromatic heterocycles. The van der Waals surface area contributed by atoms with Crippen LogP contribution in [0.4, 0.5) is 0 Å². The van der Waals surface area contributed by atoms with Gasteiger partial charge < -0.3 is 10.0 Å². The quantitative estimate of drug-likeness (QED) is 0.437. The van der Waals surface area contributed by atoms with Gasteiger partial charge >= 0.3 is 5.97 Å². The van der Waals surface area contributed by atoms with Crippen LogP contribution < -0.4 is 0 Å². The number of rotatable bonds is 12. The molecule has 0 rings (SSSR count). The van der Waals surface area contributed by atoms with Gasteiger partial charge in [-0.1, -0.05) is 58.1 Å². The molecule has 0 aliphatic rings. The van der Waals surface area contributed by atoms with E-state index in [0.29, 0.717) is 13.0 Å². The fourth-order valence-electron chi connectivity index (χ4n) is 2.20. The number of nitrogens with zero attached hydrogens (tertiary/aromatic N) is 1. The highest BCUT2D eigenvalue weighted by Crippen LogP contribution is 2.10. The van der Waals surface area contributed by atoms with E-state index in [4.69, 9.17) is 5.11 Å². The zero-order valence-electron chi connectivity index (χ0n) is 13.8. The van der Waals surface area contributed by atoms with Crippen molar-refractivity contribution < 1.29 is 14.7 Å². The summed E-state index contributed by atoms with van der Waals surface area (Å²) in [6, 6.07) is -0.747. The molecule has 0 aromatic carbocycles. The highest BCUT2D eigenvalue weighted by Gasteiger charge is 2.23. The first-order chi connectivity index (χ1) is 10.0. The molecule has 0 unspecified atom stereocenters. The summed E-state index contributed by atoms with van der Waals surface area (Å²) < 4.78 is 0. The molecular formula is C17H31NO3. The summed E-state index contributed by atoms with van der Waals surface area (Å²) in [7, 11) is 0. The molecule has 0 heterocycles. The van der Waals surface area contributed by atoms with Crippen LogP contribution in [0.15, 0.2) is 12.2 Å². The van der Waals surface area contributed by atoms with Gasteiger partial charge in [-0.3, -0.25) is 4.79 Å². The number of allylic oxidation sites excluding steroid dienone is 1. The number of unbranched alkanes of at least 4 members (excludes halogenated alkanes) is 5. The van der Waals surface area contributed by atoms with Gasteiger partial charge in [0.05, 0.1) is 0 Å². The normalized spacial score (nSPS) is 12.5. The van der Waals surface area contributed by atoms with Gasteiger partial charge in [-0.15, -0.1) is 0 Å². The molecule has 0 saturated carbocycles. The summed E-state index contributed by atoms with van der Waals surface area (Å²) in [5, 5.41) is 9.13. The van der Waals surface area contributed by atoms with Gasteiger partial charge in [-0.25, -0.2) is 4.79 Å². The SMILES string of the molecule is CC/C=C/CC(=O)N(CCCCCCCC)[C@@H](C)C(=O)O. The zero-order valence-corrected chi connectivity index (χ0v) is 13.8. The summed E-state index contributed by atoms with van der Waals surface area (Å²) in [5.74, 6) is -1.03. The number of hydrogen-bond donors (Lipinski definition) is 1. The standard InChI is InChI=1S/C17H31NO3/c1-4-6-8-9-10-12-14-18(15(3)17(20)21)16(19)13-11-7-5-2/h7,11,15H,4-6,8-10,12-14H2,1-3H3,(H,20,21)/b11-7+/t15-/m0/s1. The first kappa shape index (κ1) is 19.7. The Kier molecular flexibility index (Phi) is 11.6. The highest BCUT2D eigenvalue weighted by atomic mass is 16.4. The lowest BCUT2D eigenvalue weighted by Crippen LogP contribution is -2.43. The third kappa shape index (κ3) is 9.27. The van der Waals surface area contributed by atoms with Gasteiger partial charge in [0.2, 0.25) is 5.91 Å². The Morgan fingerprint density at radius 1 is 1.05 bits per heavy atom. The number of amides is 1. The van der Waals surface area contributed by atoms with Gasteiger partial charge in [0.1, 0.15) is 6.04 Å². The van der Waals surface area contributed by atoms with Crippen LogP contribution in [-0.4, -0.2) is 34.5 Å². The maximum Gasteiger partial charge on any atom is 0.326 e. The van der Waals surface area contributed by atoms with Crippen LogP contribution in [0, 0.1) is 0 Å². The van der Waals surface area contributed by atoms with Crippen LogP contribution in [0.3, 0.4) is 0 Å². The Morgan fingerprint density at radius 3 is 2.24 bits per heavy atom. The van der Waals surface area contributed by atoms with Crippen molar-refractivity contribution in [1.29, 1.82) is 0 Å². The van der Waals surface area contributed by atoms with E-state index in [1.54, 1.807) is 6.92 Å². The summed E-state index contributed by atoms with van der Waals surface area (Å²) in [4.78, 5) is 24.8. The van der Waals surface area contributed by atoms with Crippen molar-refractivity contribution >= 4 is 11.9 Å². The second-order valence-electron chi connectivity index (χ2n) is 5.45. The average molecular weight is 297 g/mol. The monoisotopic (exact) mass is 297 g/mol. The molecule has 0 bridgehead atoms. The first-order valence-corrected chi connectivity index (χ1v) is 8.21. The van der Waals surface area contributed by atoms with Gasteiger partial charge in [-0.05, 0) is 19.8 Å². The van der Waals surface area contributed by atoms with E-state index in [1.165, 1.54) is 24.2 Å². The van der Waals surface area contributed by atoms with Crippen LogP contribution >= 0.6 is 0 Å². The maximum atomic E-state index is 12.1. The molecule has 1 atom stereocenters. The van der Waals surface area contributed by atoms with E-state index in [9.17, 15) is 9.59 Å². The van der Waals surface area contributed by atoms with Crippen molar-refractivity contribution in [2.45, 2.75) is 78.2 Å². The number of carboxylic acid groups (broad SMARTS) is 1. The fourth-order valence-corrected chi connectivity index (χ4v) is 2.20. The van der Waals surface area contributed by atoms with E-state index in [1.807, 2.05) is 19.1 Å². The van der Waals surface area contributed by atoms with Gasteiger partial charge in [0, 0.05) is 13.0 Å². The van der Waals surface area contributed by atoms with Crippen LogP contribution in [0.2, 0.25) is 0 Å². The molecular weight excluding hydrogens is 266 g/mol. The molecule has 0 aliphatic carbocycles. The number of aliphatic carboxylic acids is 1. The topological polar surface area (TPSA) is 57.6 Å². The lowest BCUT2D eigenvalue weighted by molar-refractivity contribution is -0.149. The summed E-state index contributed by atoms with van der Waals surface area (Å²) in [6.07, 6.45) is 11.7. The van der Waals surface area contributed by atoms with E-state index in [0.717, 1.165) is 25.7 Å². The molecule has 1 N–H and O–H groups in total. The molecule has 122 valence electrons. The van der Waals surface area contributed by atoms with Crippen molar-refractivity contribution in [3.8, 4) is 0 Å². The Labute approximate surface area is 129 Å². The lowest BCUT2D eigenvalue weighted by Gasteiger charge is -2.26. The van der Waals surface area contributed by atoms with Crippen LogP contribution in [0.1, 0.15) is 72.1 Å². The zero-order chi connectivity index (χ0) is 16.1. The minimum Gasteiger partial charge on any atom is -0.480 e. The van der Waals surface area contributed by atoms with Crippen molar-refractivity contribution in [3.63, 3.8) is 0 Å². The molecule has 0 aromatic rings. The minimum atomic E-state index is -0.936. The van der Waals surface area contributed by atoms with Gasteiger partial charge in [0.15, 0.2) is 0 Å². The molecule has 0 spiro atoms. The Bertz CT molecular complexity index is 326. The summed E-state index contributed by atoms with van der Waals surface area (Å²) >= 11 is 0. The molecule has 4 nitrogen and oxygen atoms in total. The average Bonchev–Trinajstić information content (AvgIpc) is 2.46. The lowest BCUT2D eigenvalue weighted by atomic mass is 10.1. The minimum absolute atomic E-state index is 0.0943. The van der Waals surface area contributed by atoms with E-state index >= 15 is 0 Å². The third-order valence-corrected chi connectivity index (χ3v) is 3.59. The summed E-state index contributed by atoms with van der Waals surface area (Å²) in [6.45, 7) is 6.31. The van der Waals surface area contributed by atoms with Gasteiger partial charge in [0.25, 0.3) is 0 Å². The van der Waals surface area contributed by atoms with Gasteiger partial charge in [-0.2, -0.15) is 0 Å². The number of carbonyl (C=O) groups is 2. The Hall–Kier alpha value is -1.32. The molecule has 0 aliphatic heterocycles. The third-order valence-electron chi connectivity index (χ3n) is 3.59.